The minimum absolute atomic E-state index is 0.902. The molecule has 0 saturated carbocycles. The molecule has 2 heteroatoms. The summed E-state index contributed by atoms with van der Waals surface area (Å²) in [6, 6.07) is 65.0. The molecular weight excluding hydrogens is 607 g/mol. The molecule has 0 unspecified atom stereocenters. The van der Waals surface area contributed by atoms with E-state index in [0.717, 1.165) is 55.2 Å². The van der Waals surface area contributed by atoms with Gasteiger partial charge in [-0.3, -0.25) is 0 Å². The average Bonchev–Trinajstić information content (AvgIpc) is 3.77. The lowest BCUT2D eigenvalue weighted by Crippen LogP contribution is -1.82. The molecule has 0 aliphatic rings. The summed E-state index contributed by atoms with van der Waals surface area (Å²) < 4.78 is 6.90. The fraction of sp³-hybridized carbons (Fsp3) is 0. The van der Waals surface area contributed by atoms with Crippen LogP contribution in [0.25, 0.3) is 99.4 Å². The van der Waals surface area contributed by atoms with Gasteiger partial charge in [0.05, 0.1) is 5.52 Å². The van der Waals surface area contributed by atoms with Gasteiger partial charge in [0, 0.05) is 43.8 Å². The van der Waals surface area contributed by atoms with Gasteiger partial charge in [-0.25, -0.2) is 0 Å². The predicted octanol–water partition coefficient (Wildman–Crippen LogP) is 13.6. The van der Waals surface area contributed by atoms with Crippen molar-refractivity contribution in [3.63, 3.8) is 0 Å². The van der Waals surface area contributed by atoms with E-state index < -0.39 is 0 Å². The summed E-state index contributed by atoms with van der Waals surface area (Å²) in [7, 11) is 0. The molecule has 0 aliphatic carbocycles. The van der Waals surface area contributed by atoms with E-state index in [9.17, 15) is 0 Å². The van der Waals surface area contributed by atoms with E-state index in [1.807, 2.05) is 0 Å². The van der Waals surface area contributed by atoms with Gasteiger partial charge in [0.25, 0.3) is 0 Å². The van der Waals surface area contributed by atoms with E-state index in [0.29, 0.717) is 0 Å². The first-order valence-corrected chi connectivity index (χ1v) is 17.1. The molecule has 10 rings (SSSR count). The number of hydrogen-bond acceptors (Lipinski definition) is 1. The summed E-state index contributed by atoms with van der Waals surface area (Å²) in [6.07, 6.45) is 0. The van der Waals surface area contributed by atoms with Crippen LogP contribution in [0.3, 0.4) is 0 Å². The van der Waals surface area contributed by atoms with Gasteiger partial charge >= 0.3 is 0 Å². The highest BCUT2D eigenvalue weighted by Crippen LogP contribution is 2.43. The molecule has 0 spiro atoms. The van der Waals surface area contributed by atoms with Crippen molar-refractivity contribution in [2.24, 2.45) is 0 Å². The second-order valence-electron chi connectivity index (χ2n) is 13.0. The summed E-state index contributed by atoms with van der Waals surface area (Å²) >= 11 is 0. The van der Waals surface area contributed by atoms with Gasteiger partial charge < -0.3 is 9.40 Å². The Morgan fingerprint density at radius 3 is 1.46 bits per heavy atom. The Balaban J connectivity index is 1.10. The van der Waals surface area contributed by atoms with Crippen LogP contribution in [-0.4, -0.2) is 4.98 Å². The highest BCUT2D eigenvalue weighted by atomic mass is 16.3. The highest BCUT2D eigenvalue weighted by Gasteiger charge is 2.18. The van der Waals surface area contributed by atoms with Gasteiger partial charge in [-0.15, -0.1) is 0 Å². The SMILES string of the molecule is c1ccc(-c2cccc(-c3ccc4[nH]c5c(-c6cccc7c6oc6c(-c8cccc(-c9ccccc9)c8)cccc67)cccc5c4c3)c2)cc1. The smallest absolute Gasteiger partial charge is 0.143 e. The minimum Gasteiger partial charge on any atom is -0.455 e. The molecule has 234 valence electrons. The van der Waals surface area contributed by atoms with Gasteiger partial charge in [-0.05, 0) is 63.2 Å². The van der Waals surface area contributed by atoms with Crippen LogP contribution in [0.5, 0.6) is 0 Å². The van der Waals surface area contributed by atoms with Crippen LogP contribution in [0.1, 0.15) is 0 Å². The number of aromatic nitrogens is 1. The van der Waals surface area contributed by atoms with Crippen molar-refractivity contribution in [1.29, 1.82) is 0 Å². The van der Waals surface area contributed by atoms with E-state index in [1.165, 1.54) is 44.2 Å². The molecule has 0 fully saturated rings. The lowest BCUT2D eigenvalue weighted by Gasteiger charge is -2.07. The molecular formula is C48H31NO. The predicted molar refractivity (Wildman–Crippen MR) is 210 cm³/mol. The van der Waals surface area contributed by atoms with Crippen molar-refractivity contribution >= 4 is 43.7 Å². The third-order valence-electron chi connectivity index (χ3n) is 10.0. The summed E-state index contributed by atoms with van der Waals surface area (Å²) in [5, 5.41) is 4.65. The minimum atomic E-state index is 0.902. The maximum Gasteiger partial charge on any atom is 0.143 e. The fourth-order valence-electron chi connectivity index (χ4n) is 7.59. The first-order chi connectivity index (χ1) is 24.8. The zero-order valence-electron chi connectivity index (χ0n) is 27.2. The molecule has 50 heavy (non-hydrogen) atoms. The number of para-hydroxylation sites is 3. The topological polar surface area (TPSA) is 28.9 Å². The van der Waals surface area contributed by atoms with Gasteiger partial charge in [0.1, 0.15) is 11.2 Å². The lowest BCUT2D eigenvalue weighted by atomic mass is 9.96. The zero-order valence-corrected chi connectivity index (χ0v) is 27.2. The Kier molecular flexibility index (Phi) is 6.53. The highest BCUT2D eigenvalue weighted by molar-refractivity contribution is 6.17. The first-order valence-electron chi connectivity index (χ1n) is 17.1. The van der Waals surface area contributed by atoms with Crippen molar-refractivity contribution in [3.05, 3.63) is 182 Å². The van der Waals surface area contributed by atoms with E-state index >= 15 is 0 Å². The Hall–Kier alpha value is -6.64. The Morgan fingerprint density at radius 1 is 0.300 bits per heavy atom. The summed E-state index contributed by atoms with van der Waals surface area (Å²) in [5.41, 5.74) is 15.7. The second kappa shape index (κ2) is 11.5. The number of rotatable bonds is 5. The van der Waals surface area contributed by atoms with Crippen LogP contribution >= 0.6 is 0 Å². The van der Waals surface area contributed by atoms with Crippen LogP contribution in [0.4, 0.5) is 0 Å². The normalized spacial score (nSPS) is 11.6. The molecule has 0 bridgehead atoms. The molecule has 0 aliphatic heterocycles. The van der Waals surface area contributed by atoms with E-state index in [2.05, 4.69) is 187 Å². The van der Waals surface area contributed by atoms with Crippen molar-refractivity contribution in [3.8, 4) is 55.6 Å². The Labute approximate surface area is 289 Å². The van der Waals surface area contributed by atoms with Crippen molar-refractivity contribution in [2.75, 3.05) is 0 Å². The van der Waals surface area contributed by atoms with Crippen LogP contribution in [-0.2, 0) is 0 Å². The second-order valence-corrected chi connectivity index (χ2v) is 13.0. The molecule has 2 aromatic heterocycles. The maximum absolute atomic E-state index is 6.90. The van der Waals surface area contributed by atoms with Crippen molar-refractivity contribution < 1.29 is 4.42 Å². The molecule has 2 nitrogen and oxygen atoms in total. The van der Waals surface area contributed by atoms with Crippen LogP contribution < -0.4 is 0 Å². The summed E-state index contributed by atoms with van der Waals surface area (Å²) in [4.78, 5) is 3.78. The van der Waals surface area contributed by atoms with Crippen LogP contribution in [0.15, 0.2) is 186 Å². The van der Waals surface area contributed by atoms with Gasteiger partial charge in [-0.1, -0.05) is 158 Å². The first kappa shape index (κ1) is 28.4. The quantitative estimate of drug-likeness (QED) is 0.200. The summed E-state index contributed by atoms with van der Waals surface area (Å²) in [5.74, 6) is 0. The zero-order chi connectivity index (χ0) is 33.0. The molecule has 0 atom stereocenters. The molecule has 10 aromatic rings. The molecule has 0 amide bonds. The van der Waals surface area contributed by atoms with Crippen LogP contribution in [0.2, 0.25) is 0 Å². The third-order valence-corrected chi connectivity index (χ3v) is 10.0. The van der Waals surface area contributed by atoms with Crippen molar-refractivity contribution in [2.45, 2.75) is 0 Å². The van der Waals surface area contributed by atoms with E-state index in [1.54, 1.807) is 0 Å². The number of fused-ring (bicyclic) bond motifs is 6. The number of H-pyrrole nitrogens is 1. The fourth-order valence-corrected chi connectivity index (χ4v) is 7.59. The van der Waals surface area contributed by atoms with Crippen molar-refractivity contribution in [1.82, 2.24) is 4.98 Å². The van der Waals surface area contributed by atoms with Gasteiger partial charge in [0.15, 0.2) is 0 Å². The number of nitrogens with one attached hydrogen (secondary N) is 1. The molecule has 0 radical (unpaired) electrons. The number of hydrogen-bond donors (Lipinski definition) is 1. The molecule has 2 heterocycles. The number of benzene rings is 8. The summed E-state index contributed by atoms with van der Waals surface area (Å²) in [6.45, 7) is 0. The average molecular weight is 638 g/mol. The largest absolute Gasteiger partial charge is 0.455 e. The standard InChI is InChI=1S/C48H31NO/c1-3-12-31(13-4-1)33-16-7-18-35(28-33)36-26-27-45-44(30-36)40-22-10-21-39(46(40)49-45)41-23-11-25-43-42-24-9-20-38(47(42)50-48(41)43)37-19-8-17-34(29-37)32-14-5-2-6-15-32/h1-30,49H. The molecule has 1 N–H and O–H groups in total. The third kappa shape index (κ3) is 4.65. The van der Waals surface area contributed by atoms with Crippen LogP contribution in [0, 0.1) is 0 Å². The molecule has 0 saturated heterocycles. The lowest BCUT2D eigenvalue weighted by molar-refractivity contribution is 0.671. The van der Waals surface area contributed by atoms with E-state index in [4.69, 9.17) is 4.42 Å². The van der Waals surface area contributed by atoms with Gasteiger partial charge in [-0.2, -0.15) is 0 Å². The van der Waals surface area contributed by atoms with Gasteiger partial charge in [0.2, 0.25) is 0 Å². The number of aromatic amines is 1. The Morgan fingerprint density at radius 2 is 0.780 bits per heavy atom. The Bertz CT molecular complexity index is 2860. The maximum atomic E-state index is 6.90. The monoisotopic (exact) mass is 637 g/mol. The molecule has 8 aromatic carbocycles. The van der Waals surface area contributed by atoms with E-state index in [-0.39, 0.29) is 0 Å². The number of furan rings is 1.